The number of hydrogen-bond acceptors (Lipinski definition) is 7. The number of carboxylic acids is 1. The largest absolute Gasteiger partial charge is 0.481 e. The Labute approximate surface area is 219 Å². The smallest absolute Gasteiger partial charge is 0.303 e. The fourth-order valence-corrected chi connectivity index (χ4v) is 3.36. The quantitative estimate of drug-likeness (QED) is 0.121. The van der Waals surface area contributed by atoms with E-state index in [1.165, 1.54) is 32.1 Å². The highest BCUT2D eigenvalue weighted by Crippen LogP contribution is 2.05. The molecule has 0 aliphatic rings. The highest BCUT2D eigenvalue weighted by molar-refractivity contribution is 7.85. The summed E-state index contributed by atoms with van der Waals surface area (Å²) in [7, 11) is -4.08. The molecule has 0 aromatic rings. The minimum atomic E-state index is -4.08. The van der Waals surface area contributed by atoms with Crippen molar-refractivity contribution in [2.45, 2.75) is 64.3 Å². The molecular weight excluding hydrogens is 504 g/mol. The van der Waals surface area contributed by atoms with Crippen LogP contribution >= 0.6 is 0 Å². The van der Waals surface area contributed by atoms with Crippen molar-refractivity contribution in [3.63, 3.8) is 0 Å². The molecule has 0 bridgehead atoms. The van der Waals surface area contributed by atoms with Crippen LogP contribution in [0.2, 0.25) is 0 Å². The summed E-state index contributed by atoms with van der Waals surface area (Å²) in [5.41, 5.74) is -1.00. The number of aliphatic carboxylic acids is 1. The molecule has 0 radical (unpaired) electrons. The summed E-state index contributed by atoms with van der Waals surface area (Å²) in [4.78, 5) is 52.8. The van der Waals surface area contributed by atoms with Crippen molar-refractivity contribution in [3.8, 4) is 0 Å². The van der Waals surface area contributed by atoms with Gasteiger partial charge in [0.2, 0.25) is 11.8 Å². The van der Waals surface area contributed by atoms with Crippen molar-refractivity contribution in [2.24, 2.45) is 0 Å². The van der Waals surface area contributed by atoms with Gasteiger partial charge in [0, 0.05) is 25.8 Å². The van der Waals surface area contributed by atoms with Gasteiger partial charge in [0.05, 0.1) is 11.3 Å². The van der Waals surface area contributed by atoms with Crippen molar-refractivity contribution in [1.29, 1.82) is 0 Å². The average Bonchev–Trinajstić information content (AvgIpc) is 2.79. The zero-order valence-corrected chi connectivity index (χ0v) is 22.5. The maximum Gasteiger partial charge on any atom is 0.303 e. The first-order chi connectivity index (χ1) is 17.0. The van der Waals surface area contributed by atoms with Gasteiger partial charge in [-0.2, -0.15) is 8.42 Å². The number of unbranched alkanes of at least 4 members (excludes halogenated alkanes) is 2. The predicted octanol–water partition coefficient (Wildman–Crippen LogP) is 2.56. The van der Waals surface area contributed by atoms with Crippen molar-refractivity contribution in [1.82, 2.24) is 10.6 Å². The van der Waals surface area contributed by atoms with Crippen LogP contribution in [0.3, 0.4) is 0 Å². The van der Waals surface area contributed by atoms with Crippen molar-refractivity contribution in [3.05, 3.63) is 50.6 Å². The van der Waals surface area contributed by atoms with Crippen LogP contribution in [0.1, 0.15) is 58.8 Å². The maximum absolute atomic E-state index is 10.8. The number of nitrogens with one attached hydrogen (secondary N) is 2. The highest BCUT2D eigenvalue weighted by atomic mass is 32.2. The maximum atomic E-state index is 10.8. The van der Waals surface area contributed by atoms with Gasteiger partial charge in [-0.05, 0) is 57.4 Å². The summed E-state index contributed by atoms with van der Waals surface area (Å²) in [5, 5.41) is 13.3. The zero-order valence-electron chi connectivity index (χ0n) is 21.7. The van der Waals surface area contributed by atoms with E-state index in [2.05, 4.69) is 36.9 Å². The molecule has 0 aliphatic carbocycles. The number of hydrogen-bond donors (Lipinski definition) is 4. The van der Waals surface area contributed by atoms with E-state index >= 15 is 0 Å². The number of amides is 2. The molecule has 0 fully saturated rings. The summed E-state index contributed by atoms with van der Waals surface area (Å²) in [5.74, 6) is -1.98. The molecule has 0 atom stereocenters. The van der Waals surface area contributed by atoms with E-state index in [9.17, 15) is 32.4 Å². The van der Waals surface area contributed by atoms with E-state index in [0.29, 0.717) is 32.2 Å². The fraction of sp³-hybridized carbons (Fsp3) is 0.480. The topological polar surface area (TPSA) is 184 Å². The van der Waals surface area contributed by atoms with E-state index in [-0.39, 0.29) is 23.9 Å². The molecule has 12 heteroatoms. The Bertz CT molecular complexity index is 887. The summed E-state index contributed by atoms with van der Waals surface area (Å²) in [6.45, 7) is 16.7. The van der Waals surface area contributed by atoms with E-state index in [0.717, 1.165) is 18.9 Å². The first-order valence-electron chi connectivity index (χ1n) is 11.4. The van der Waals surface area contributed by atoms with Crippen LogP contribution in [0, 0.1) is 0 Å². The Balaban J connectivity index is -0.000000471. The molecular formula is C25H40N2O9S. The first-order valence-corrected chi connectivity index (χ1v) is 13.0. The fourth-order valence-electron chi connectivity index (χ4n) is 2.38. The Hall–Kier alpha value is -3.38. The number of carbonyl (C=O) groups excluding carboxylic acids is 4. The molecule has 11 nitrogen and oxygen atoms in total. The van der Waals surface area contributed by atoms with Crippen LogP contribution in [0.15, 0.2) is 50.6 Å². The van der Waals surface area contributed by atoms with Gasteiger partial charge in [0.1, 0.15) is 0 Å². The Morgan fingerprint density at radius 2 is 1.24 bits per heavy atom. The average molecular weight is 545 g/mol. The van der Waals surface area contributed by atoms with Crippen molar-refractivity contribution >= 4 is 39.5 Å². The number of carbonyl (C=O) groups is 5. The Morgan fingerprint density at radius 1 is 0.757 bits per heavy atom. The zero-order chi connectivity index (χ0) is 29.5. The second-order valence-corrected chi connectivity index (χ2v) is 9.65. The molecule has 0 saturated heterocycles. The predicted molar refractivity (Wildman–Crippen MR) is 142 cm³/mol. The van der Waals surface area contributed by atoms with Gasteiger partial charge in [-0.25, -0.2) is 0 Å². The number of rotatable bonds is 17. The molecule has 0 spiro atoms. The third kappa shape index (κ3) is 32.6. The molecule has 2 amide bonds. The number of carboxylic acid groups (broad SMARTS) is 1. The molecule has 0 aromatic heterocycles. The Morgan fingerprint density at radius 3 is 1.62 bits per heavy atom. The van der Waals surface area contributed by atoms with Gasteiger partial charge in [0.25, 0.3) is 10.1 Å². The van der Waals surface area contributed by atoms with E-state index in [1.807, 2.05) is 0 Å². The standard InChI is InChI=1S/C9H15NO3.C9H12O2.C7H13NO4S/c1-2-8(11)10-7-5-3-4-6-9(12)13;1-3-8(10)6-5-7-9(11)4-2;1-4-6(9)8-7(2,3)5-13(10,11)12/h2H,1,3-7H2,(H,10,11)(H,12,13);3-4H,1-2,5-7H2;4H,1,5H2,2-3H3,(H,8,9)(H,10,11,12). The lowest BCUT2D eigenvalue weighted by molar-refractivity contribution is -0.137. The van der Waals surface area contributed by atoms with Gasteiger partial charge >= 0.3 is 5.97 Å². The Kier molecular flexibility index (Phi) is 22.5. The van der Waals surface area contributed by atoms with Crippen LogP contribution in [-0.4, -0.2) is 65.3 Å². The highest BCUT2D eigenvalue weighted by Gasteiger charge is 2.25. The molecule has 0 aromatic carbocycles. The van der Waals surface area contributed by atoms with Crippen molar-refractivity contribution in [2.75, 3.05) is 12.3 Å². The van der Waals surface area contributed by atoms with Crippen LogP contribution in [0.5, 0.6) is 0 Å². The van der Waals surface area contributed by atoms with Gasteiger partial charge < -0.3 is 15.7 Å². The molecule has 0 aliphatic heterocycles. The third-order valence-corrected chi connectivity index (χ3v) is 5.13. The second kappa shape index (κ2) is 21.9. The number of ketones is 2. The number of allylic oxidation sites excluding steroid dienone is 2. The minimum absolute atomic E-state index is 0.0122. The summed E-state index contributed by atoms with van der Waals surface area (Å²) < 4.78 is 29.5. The lowest BCUT2D eigenvalue weighted by Crippen LogP contribution is -2.47. The van der Waals surface area contributed by atoms with Gasteiger partial charge in [0.15, 0.2) is 11.6 Å². The summed E-state index contributed by atoms with van der Waals surface area (Å²) >= 11 is 0. The molecule has 0 saturated carbocycles. The monoisotopic (exact) mass is 544 g/mol. The van der Waals surface area contributed by atoms with Crippen LogP contribution < -0.4 is 10.6 Å². The normalized spacial score (nSPS) is 10.1. The van der Waals surface area contributed by atoms with Gasteiger partial charge in [-0.3, -0.25) is 28.5 Å². The SMILES string of the molecule is C=CC(=O)CCCC(=O)C=C.C=CC(=O)NC(C)(C)CS(=O)(=O)O.C=CC(=O)NCCCCCC(=O)O. The van der Waals surface area contributed by atoms with Crippen LogP contribution in [-0.2, 0) is 34.1 Å². The van der Waals surface area contributed by atoms with E-state index in [1.54, 1.807) is 0 Å². The van der Waals surface area contributed by atoms with Crippen LogP contribution in [0.25, 0.3) is 0 Å². The molecule has 0 rings (SSSR count). The lowest BCUT2D eigenvalue weighted by Gasteiger charge is -2.23. The summed E-state index contributed by atoms with van der Waals surface area (Å²) in [6.07, 6.45) is 8.72. The molecule has 37 heavy (non-hydrogen) atoms. The summed E-state index contributed by atoms with van der Waals surface area (Å²) in [6, 6.07) is 0. The van der Waals surface area contributed by atoms with Gasteiger partial charge in [-0.1, -0.05) is 32.7 Å². The van der Waals surface area contributed by atoms with Crippen LogP contribution in [0.4, 0.5) is 0 Å². The van der Waals surface area contributed by atoms with Crippen molar-refractivity contribution < 1.29 is 42.0 Å². The molecule has 4 N–H and O–H groups in total. The third-order valence-electron chi connectivity index (χ3n) is 4.04. The first kappa shape index (κ1) is 38.2. The van der Waals surface area contributed by atoms with E-state index < -0.39 is 33.3 Å². The van der Waals surface area contributed by atoms with E-state index in [4.69, 9.17) is 9.66 Å². The molecule has 0 heterocycles. The molecule has 210 valence electrons. The minimum Gasteiger partial charge on any atom is -0.481 e. The second-order valence-electron chi connectivity index (χ2n) is 8.20. The molecule has 0 unspecified atom stereocenters. The van der Waals surface area contributed by atoms with Gasteiger partial charge in [-0.15, -0.1) is 0 Å². The lowest BCUT2D eigenvalue weighted by atomic mass is 10.1.